The quantitative estimate of drug-likeness (QED) is 0.763. The lowest BCUT2D eigenvalue weighted by atomic mass is 10.0. The fraction of sp³-hybridized carbons (Fsp3) is 0.368. The molecule has 0 saturated carbocycles. The molecular formula is C19H21N3O3. The summed E-state index contributed by atoms with van der Waals surface area (Å²) in [5, 5.41) is 8.13. The van der Waals surface area contributed by atoms with Gasteiger partial charge in [0.1, 0.15) is 0 Å². The van der Waals surface area contributed by atoms with E-state index in [0.717, 1.165) is 40.9 Å². The van der Waals surface area contributed by atoms with Gasteiger partial charge in [0.25, 0.3) is 5.91 Å². The van der Waals surface area contributed by atoms with Gasteiger partial charge in [-0.3, -0.25) is 4.79 Å². The van der Waals surface area contributed by atoms with Gasteiger partial charge in [-0.25, -0.2) is 0 Å². The zero-order valence-electron chi connectivity index (χ0n) is 14.3. The van der Waals surface area contributed by atoms with Crippen molar-refractivity contribution in [2.24, 2.45) is 0 Å². The maximum absolute atomic E-state index is 12.4. The number of amides is 1. The molecule has 1 aliphatic heterocycles. The molecule has 0 bridgehead atoms. The van der Waals surface area contributed by atoms with Crippen LogP contribution in [-0.2, 0) is 4.74 Å². The topological polar surface area (TPSA) is 80.2 Å². The molecule has 1 saturated heterocycles. The van der Waals surface area contributed by atoms with Crippen LogP contribution in [0.1, 0.15) is 52.8 Å². The summed E-state index contributed by atoms with van der Waals surface area (Å²) in [5.74, 6) is 0.213. The zero-order valence-corrected chi connectivity index (χ0v) is 14.3. The third-order valence-electron chi connectivity index (χ3n) is 4.73. The van der Waals surface area contributed by atoms with Crippen molar-refractivity contribution in [3.63, 3.8) is 0 Å². The Balaban J connectivity index is 1.47. The first-order valence-electron chi connectivity index (χ1n) is 8.54. The molecule has 6 heteroatoms. The third kappa shape index (κ3) is 3.17. The van der Waals surface area contributed by atoms with E-state index in [1.807, 2.05) is 26.0 Å². The Bertz CT molecular complexity index is 906. The van der Waals surface area contributed by atoms with E-state index in [1.54, 1.807) is 6.07 Å². The zero-order chi connectivity index (χ0) is 17.4. The highest BCUT2D eigenvalue weighted by Crippen LogP contribution is 2.25. The number of hydrogen-bond acceptors (Lipinski definition) is 4. The summed E-state index contributed by atoms with van der Waals surface area (Å²) >= 11 is 0. The van der Waals surface area contributed by atoms with Gasteiger partial charge in [0.05, 0.1) is 18.3 Å². The molecule has 3 heterocycles. The van der Waals surface area contributed by atoms with E-state index in [4.69, 9.17) is 9.26 Å². The molecule has 0 spiro atoms. The van der Waals surface area contributed by atoms with Crippen LogP contribution in [0.5, 0.6) is 0 Å². The number of carbonyl (C=O) groups is 1. The largest absolute Gasteiger partial charge is 0.381 e. The summed E-state index contributed by atoms with van der Waals surface area (Å²) in [4.78, 5) is 15.7. The van der Waals surface area contributed by atoms with E-state index in [9.17, 15) is 4.79 Å². The van der Waals surface area contributed by atoms with E-state index in [-0.39, 0.29) is 23.6 Å². The molecule has 1 fully saturated rings. The highest BCUT2D eigenvalue weighted by atomic mass is 16.5. The lowest BCUT2D eigenvalue weighted by Crippen LogP contribution is -2.26. The standard InChI is InChI=1S/C19H21N3O3/c1-11-7-15-8-13(3-4-16(15)20-11)12(2)21-19(23)18-9-17(22-25-18)14-5-6-24-10-14/h3-4,7-9,12,14,20H,5-6,10H2,1-2H3,(H,21,23)/t12-,14+/m1/s1. The second-order valence-corrected chi connectivity index (χ2v) is 6.67. The number of benzene rings is 1. The highest BCUT2D eigenvalue weighted by molar-refractivity contribution is 5.91. The van der Waals surface area contributed by atoms with Crippen LogP contribution < -0.4 is 5.32 Å². The summed E-state index contributed by atoms with van der Waals surface area (Å²) in [6, 6.07) is 9.83. The fourth-order valence-electron chi connectivity index (χ4n) is 3.27. The van der Waals surface area contributed by atoms with Crippen molar-refractivity contribution in [2.45, 2.75) is 32.2 Å². The SMILES string of the molecule is Cc1cc2cc([C@@H](C)NC(=O)c3cc([C@H]4CCOC4)no3)ccc2[nH]1. The molecule has 6 nitrogen and oxygen atoms in total. The van der Waals surface area contributed by atoms with E-state index < -0.39 is 0 Å². The number of hydrogen-bond donors (Lipinski definition) is 2. The third-order valence-corrected chi connectivity index (χ3v) is 4.73. The predicted molar refractivity (Wildman–Crippen MR) is 93.6 cm³/mol. The van der Waals surface area contributed by atoms with E-state index in [0.29, 0.717) is 6.61 Å². The minimum absolute atomic E-state index is 0.129. The van der Waals surface area contributed by atoms with Crippen LogP contribution in [0.15, 0.2) is 34.9 Å². The molecule has 0 unspecified atom stereocenters. The molecule has 130 valence electrons. The number of fused-ring (bicyclic) bond motifs is 1. The minimum Gasteiger partial charge on any atom is -0.381 e. The van der Waals surface area contributed by atoms with Crippen LogP contribution >= 0.6 is 0 Å². The maximum atomic E-state index is 12.4. The number of nitrogens with one attached hydrogen (secondary N) is 2. The second-order valence-electron chi connectivity index (χ2n) is 6.67. The van der Waals surface area contributed by atoms with Crippen molar-refractivity contribution < 1.29 is 14.1 Å². The van der Waals surface area contributed by atoms with Crippen molar-refractivity contribution in [3.05, 3.63) is 53.0 Å². The van der Waals surface area contributed by atoms with Crippen molar-refractivity contribution in [1.29, 1.82) is 0 Å². The summed E-state index contributed by atoms with van der Waals surface area (Å²) in [5.41, 5.74) is 4.05. The number of H-pyrrole nitrogens is 1. The molecule has 25 heavy (non-hydrogen) atoms. The predicted octanol–water partition coefficient (Wildman–Crippen LogP) is 3.46. The molecule has 2 atom stereocenters. The van der Waals surface area contributed by atoms with Crippen LogP contribution in [0.4, 0.5) is 0 Å². The fourth-order valence-corrected chi connectivity index (χ4v) is 3.27. The van der Waals surface area contributed by atoms with Crippen LogP contribution in [0, 0.1) is 6.92 Å². The van der Waals surface area contributed by atoms with Gasteiger partial charge >= 0.3 is 0 Å². The van der Waals surface area contributed by atoms with Crippen LogP contribution in [-0.4, -0.2) is 29.3 Å². The molecule has 3 aromatic rings. The van der Waals surface area contributed by atoms with Crippen molar-refractivity contribution in [1.82, 2.24) is 15.5 Å². The van der Waals surface area contributed by atoms with Crippen molar-refractivity contribution in [3.8, 4) is 0 Å². The van der Waals surface area contributed by atoms with E-state index in [2.05, 4.69) is 27.6 Å². The number of aryl methyl sites for hydroxylation is 1. The summed E-state index contributed by atoms with van der Waals surface area (Å²) in [6.45, 7) is 5.36. The average Bonchev–Trinajstić information content (AvgIpc) is 3.32. The monoisotopic (exact) mass is 339 g/mol. The molecule has 1 aliphatic rings. The van der Waals surface area contributed by atoms with Gasteiger partial charge in [0.2, 0.25) is 5.76 Å². The first-order valence-corrected chi connectivity index (χ1v) is 8.54. The van der Waals surface area contributed by atoms with Gasteiger partial charge in [0, 0.05) is 29.8 Å². The molecule has 1 aromatic carbocycles. The van der Waals surface area contributed by atoms with E-state index >= 15 is 0 Å². The summed E-state index contributed by atoms with van der Waals surface area (Å²) in [6.07, 6.45) is 0.917. The number of aromatic amines is 1. The number of carbonyl (C=O) groups excluding carboxylic acids is 1. The van der Waals surface area contributed by atoms with Gasteiger partial charge in [-0.2, -0.15) is 0 Å². The van der Waals surface area contributed by atoms with Gasteiger partial charge in [-0.05, 0) is 49.4 Å². The second kappa shape index (κ2) is 6.37. The first kappa shape index (κ1) is 15.9. The lowest BCUT2D eigenvalue weighted by molar-refractivity contribution is 0.0902. The van der Waals surface area contributed by atoms with Gasteiger partial charge in [-0.1, -0.05) is 11.2 Å². The number of nitrogens with zero attached hydrogens (tertiary/aromatic N) is 1. The number of rotatable bonds is 4. The van der Waals surface area contributed by atoms with Crippen LogP contribution in [0.25, 0.3) is 10.9 Å². The van der Waals surface area contributed by atoms with Crippen molar-refractivity contribution >= 4 is 16.8 Å². The Morgan fingerprint density at radius 1 is 1.36 bits per heavy atom. The maximum Gasteiger partial charge on any atom is 0.290 e. The Morgan fingerprint density at radius 2 is 2.24 bits per heavy atom. The van der Waals surface area contributed by atoms with Gasteiger partial charge in [-0.15, -0.1) is 0 Å². The molecule has 2 aromatic heterocycles. The number of aromatic nitrogens is 2. The molecular weight excluding hydrogens is 318 g/mol. The number of ether oxygens (including phenoxy) is 1. The van der Waals surface area contributed by atoms with Gasteiger partial charge < -0.3 is 19.6 Å². The summed E-state index contributed by atoms with van der Waals surface area (Å²) in [7, 11) is 0. The Morgan fingerprint density at radius 3 is 3.04 bits per heavy atom. The van der Waals surface area contributed by atoms with Crippen molar-refractivity contribution in [2.75, 3.05) is 13.2 Å². The molecule has 0 radical (unpaired) electrons. The Labute approximate surface area is 145 Å². The normalized spacial score (nSPS) is 18.6. The first-order chi connectivity index (χ1) is 12.1. The Kier molecular flexibility index (Phi) is 4.05. The smallest absolute Gasteiger partial charge is 0.290 e. The molecule has 1 amide bonds. The molecule has 4 rings (SSSR count). The lowest BCUT2D eigenvalue weighted by Gasteiger charge is -2.13. The minimum atomic E-state index is -0.254. The Hall–Kier alpha value is -2.60. The molecule has 2 N–H and O–H groups in total. The summed E-state index contributed by atoms with van der Waals surface area (Å²) < 4.78 is 10.6. The van der Waals surface area contributed by atoms with Crippen LogP contribution in [0.2, 0.25) is 0 Å². The van der Waals surface area contributed by atoms with Gasteiger partial charge in [0.15, 0.2) is 0 Å². The van der Waals surface area contributed by atoms with E-state index in [1.165, 1.54) is 0 Å². The highest BCUT2D eigenvalue weighted by Gasteiger charge is 2.24. The average molecular weight is 339 g/mol. The van der Waals surface area contributed by atoms with Crippen LogP contribution in [0.3, 0.4) is 0 Å². The molecule has 0 aliphatic carbocycles.